The molecule has 2 nitrogen and oxygen atoms in total. The molecule has 1 aromatic heterocycles. The second-order valence-electron chi connectivity index (χ2n) is 11.1. The number of benzene rings is 4. The van der Waals surface area contributed by atoms with Gasteiger partial charge in [0.2, 0.25) is 0 Å². The molecule has 2 heteroatoms. The minimum Gasteiger partial charge on any atom is -0.355 e. The van der Waals surface area contributed by atoms with Crippen LogP contribution in [0.15, 0.2) is 104 Å². The Balaban J connectivity index is 1.42. The van der Waals surface area contributed by atoms with Crippen LogP contribution in [0.4, 0.5) is 11.4 Å². The van der Waals surface area contributed by atoms with Gasteiger partial charge in [-0.1, -0.05) is 88.9 Å². The van der Waals surface area contributed by atoms with Crippen molar-refractivity contribution in [3.8, 4) is 11.1 Å². The maximum absolute atomic E-state index is 4.14. The van der Waals surface area contributed by atoms with Gasteiger partial charge in [0.1, 0.15) is 0 Å². The molecule has 37 heavy (non-hydrogen) atoms. The van der Waals surface area contributed by atoms with Gasteiger partial charge in [-0.25, -0.2) is 0 Å². The third kappa shape index (κ3) is 3.79. The second-order valence-corrected chi connectivity index (χ2v) is 11.1. The fourth-order valence-electron chi connectivity index (χ4n) is 5.90. The third-order valence-electron chi connectivity index (χ3n) is 7.81. The average molecular weight is 483 g/mol. The SMILES string of the molecule is C=C/C(=C\CC(C)C)n1c2ccccc2c2cc(Nc3ccc4c(c3)C(C)(C)c3ccccc3-4)ccc21. The van der Waals surface area contributed by atoms with Gasteiger partial charge >= 0.3 is 0 Å². The zero-order valence-corrected chi connectivity index (χ0v) is 22.2. The fourth-order valence-corrected chi connectivity index (χ4v) is 5.90. The van der Waals surface area contributed by atoms with E-state index in [1.807, 2.05) is 6.08 Å². The molecule has 0 saturated heterocycles. The lowest BCUT2D eigenvalue weighted by Gasteiger charge is -2.22. The quantitative estimate of drug-likeness (QED) is 0.238. The number of hydrogen-bond donors (Lipinski definition) is 1. The third-order valence-corrected chi connectivity index (χ3v) is 7.81. The van der Waals surface area contributed by atoms with E-state index in [9.17, 15) is 0 Å². The summed E-state index contributed by atoms with van der Waals surface area (Å²) < 4.78 is 2.35. The molecule has 184 valence electrons. The van der Waals surface area contributed by atoms with Crippen molar-refractivity contribution in [3.63, 3.8) is 0 Å². The molecule has 4 aromatic carbocycles. The molecule has 0 amide bonds. The number of hydrogen-bond acceptors (Lipinski definition) is 1. The number of anilines is 2. The van der Waals surface area contributed by atoms with E-state index in [0.717, 1.165) is 23.5 Å². The van der Waals surface area contributed by atoms with Gasteiger partial charge in [0.25, 0.3) is 0 Å². The zero-order valence-electron chi connectivity index (χ0n) is 22.2. The number of allylic oxidation sites excluding steroid dienone is 3. The highest BCUT2D eigenvalue weighted by Gasteiger charge is 2.35. The van der Waals surface area contributed by atoms with Crippen LogP contribution in [0.25, 0.3) is 38.6 Å². The fraction of sp³-hybridized carbons (Fsp3) is 0.200. The molecule has 0 aliphatic heterocycles. The lowest BCUT2D eigenvalue weighted by atomic mass is 9.82. The number of fused-ring (bicyclic) bond motifs is 6. The van der Waals surface area contributed by atoms with Crippen LogP contribution < -0.4 is 5.32 Å². The second kappa shape index (κ2) is 8.81. The van der Waals surface area contributed by atoms with Crippen molar-refractivity contribution < 1.29 is 0 Å². The largest absolute Gasteiger partial charge is 0.355 e. The van der Waals surface area contributed by atoms with Gasteiger partial charge in [0, 0.05) is 33.3 Å². The number of aromatic nitrogens is 1. The number of nitrogens with zero attached hydrogens (tertiary/aromatic N) is 1. The molecular formula is C35H34N2. The summed E-state index contributed by atoms with van der Waals surface area (Å²) in [5.74, 6) is 0.601. The molecule has 1 aliphatic carbocycles. The number of para-hydroxylation sites is 1. The first kappa shape index (κ1) is 23.4. The lowest BCUT2D eigenvalue weighted by molar-refractivity contribution is 0.660. The van der Waals surface area contributed by atoms with Crippen LogP contribution in [0.3, 0.4) is 0 Å². The van der Waals surface area contributed by atoms with Crippen LogP contribution in [0, 0.1) is 5.92 Å². The molecule has 0 unspecified atom stereocenters. The maximum atomic E-state index is 4.14. The Labute approximate surface area is 220 Å². The number of nitrogens with one attached hydrogen (secondary N) is 1. The van der Waals surface area contributed by atoms with E-state index < -0.39 is 0 Å². The minimum atomic E-state index is -0.00952. The molecule has 1 aliphatic rings. The van der Waals surface area contributed by atoms with Crippen molar-refractivity contribution in [2.24, 2.45) is 5.92 Å². The highest BCUT2D eigenvalue weighted by molar-refractivity contribution is 6.11. The smallest absolute Gasteiger partial charge is 0.0542 e. The Kier molecular flexibility index (Phi) is 5.56. The zero-order chi connectivity index (χ0) is 25.7. The van der Waals surface area contributed by atoms with Crippen molar-refractivity contribution >= 4 is 38.9 Å². The van der Waals surface area contributed by atoms with E-state index >= 15 is 0 Å². The van der Waals surface area contributed by atoms with Gasteiger partial charge in [-0.15, -0.1) is 0 Å². The van der Waals surface area contributed by atoms with Crippen molar-refractivity contribution in [2.45, 2.75) is 39.5 Å². The summed E-state index contributed by atoms with van der Waals surface area (Å²) >= 11 is 0. The topological polar surface area (TPSA) is 17.0 Å². The molecule has 0 radical (unpaired) electrons. The van der Waals surface area contributed by atoms with Gasteiger partial charge < -0.3 is 9.88 Å². The van der Waals surface area contributed by atoms with E-state index in [4.69, 9.17) is 0 Å². The highest BCUT2D eigenvalue weighted by Crippen LogP contribution is 2.49. The minimum absolute atomic E-state index is 0.00952. The summed E-state index contributed by atoms with van der Waals surface area (Å²) in [6.07, 6.45) is 5.30. The lowest BCUT2D eigenvalue weighted by Crippen LogP contribution is -2.15. The van der Waals surface area contributed by atoms with Gasteiger partial charge in [0.15, 0.2) is 0 Å². The Hall–Kier alpha value is -4.04. The highest BCUT2D eigenvalue weighted by atomic mass is 15.0. The van der Waals surface area contributed by atoms with Crippen LogP contribution in [-0.4, -0.2) is 4.57 Å². The predicted molar refractivity (Wildman–Crippen MR) is 161 cm³/mol. The molecule has 5 aromatic rings. The molecule has 0 atom stereocenters. The number of rotatable bonds is 6. The first-order valence-electron chi connectivity index (χ1n) is 13.3. The molecule has 0 saturated carbocycles. The molecule has 0 bridgehead atoms. The van der Waals surface area contributed by atoms with Crippen molar-refractivity contribution in [2.75, 3.05) is 5.32 Å². The molecule has 1 N–H and O–H groups in total. The summed E-state index contributed by atoms with van der Waals surface area (Å²) in [6, 6.07) is 31.0. The van der Waals surface area contributed by atoms with E-state index in [2.05, 4.69) is 135 Å². The Morgan fingerprint density at radius 3 is 2.30 bits per heavy atom. The monoisotopic (exact) mass is 482 g/mol. The summed E-state index contributed by atoms with van der Waals surface area (Å²) in [6.45, 7) is 13.3. The maximum Gasteiger partial charge on any atom is 0.0542 e. The van der Waals surface area contributed by atoms with Crippen molar-refractivity contribution in [1.29, 1.82) is 0 Å². The average Bonchev–Trinajstić information content (AvgIpc) is 3.34. The Morgan fingerprint density at radius 1 is 0.811 bits per heavy atom. The van der Waals surface area contributed by atoms with Gasteiger partial charge in [-0.2, -0.15) is 0 Å². The summed E-state index contributed by atoms with van der Waals surface area (Å²) in [4.78, 5) is 0. The van der Waals surface area contributed by atoms with Gasteiger partial charge in [-0.3, -0.25) is 0 Å². The molecule has 6 rings (SSSR count). The Bertz CT molecular complexity index is 1690. The first-order chi connectivity index (χ1) is 17.9. The van der Waals surface area contributed by atoms with Gasteiger partial charge in [-0.05, 0) is 77.1 Å². The van der Waals surface area contributed by atoms with Gasteiger partial charge in [0.05, 0.1) is 11.0 Å². The predicted octanol–water partition coefficient (Wildman–Crippen LogP) is 9.92. The van der Waals surface area contributed by atoms with Crippen LogP contribution in [0.1, 0.15) is 45.2 Å². The molecule has 0 spiro atoms. The molecule has 1 heterocycles. The van der Waals surface area contributed by atoms with Crippen LogP contribution >= 0.6 is 0 Å². The van der Waals surface area contributed by atoms with Crippen molar-refractivity contribution in [3.05, 3.63) is 115 Å². The van der Waals surface area contributed by atoms with Crippen LogP contribution in [-0.2, 0) is 5.41 Å². The molecule has 0 fully saturated rings. The summed E-state index contributed by atoms with van der Waals surface area (Å²) in [5.41, 5.74) is 11.2. The standard InChI is InChI=1S/C35H34N2/c1-6-26(18-15-23(2)3)37-33-14-10-8-12-29(33)30-21-24(17-20-34(30)37)36-25-16-19-28-27-11-7-9-13-31(27)35(4,5)32(28)22-25/h6-14,16-23,36H,1,15H2,2-5H3/b26-18+. The van der Waals surface area contributed by atoms with Crippen LogP contribution in [0.2, 0.25) is 0 Å². The normalized spacial score (nSPS) is 14.2. The van der Waals surface area contributed by atoms with E-state index in [-0.39, 0.29) is 5.41 Å². The van der Waals surface area contributed by atoms with Crippen LogP contribution in [0.5, 0.6) is 0 Å². The van der Waals surface area contributed by atoms with Crippen molar-refractivity contribution in [1.82, 2.24) is 4.57 Å². The Morgan fingerprint density at radius 2 is 1.49 bits per heavy atom. The van der Waals surface area contributed by atoms with E-state index in [0.29, 0.717) is 5.92 Å². The summed E-state index contributed by atoms with van der Waals surface area (Å²) in [5, 5.41) is 6.20. The molecular weight excluding hydrogens is 448 g/mol. The van der Waals surface area contributed by atoms with E-state index in [1.54, 1.807) is 0 Å². The summed E-state index contributed by atoms with van der Waals surface area (Å²) in [7, 11) is 0. The van der Waals surface area contributed by atoms with E-state index in [1.165, 1.54) is 44.1 Å². The first-order valence-corrected chi connectivity index (χ1v) is 13.3.